The zero-order valence-corrected chi connectivity index (χ0v) is 10.6. The minimum Gasteiger partial charge on any atom is -0.382 e. The lowest BCUT2D eigenvalue weighted by atomic mass is 10.1. The average Bonchev–Trinajstić information content (AvgIpc) is 2.66. The summed E-state index contributed by atoms with van der Waals surface area (Å²) in [4.78, 5) is 11.6. The van der Waals surface area contributed by atoms with E-state index in [0.717, 1.165) is 18.0 Å². The molecule has 5 nitrogen and oxygen atoms in total. The Balaban J connectivity index is 2.76. The molecule has 1 unspecified atom stereocenters. The van der Waals surface area contributed by atoms with E-state index < -0.39 is 0 Å². The van der Waals surface area contributed by atoms with Gasteiger partial charge in [-0.2, -0.15) is 4.37 Å². The van der Waals surface area contributed by atoms with Crippen molar-refractivity contribution in [2.75, 3.05) is 24.6 Å². The predicted molar refractivity (Wildman–Crippen MR) is 67.9 cm³/mol. The molecule has 1 atom stereocenters. The third-order valence-corrected chi connectivity index (χ3v) is 3.30. The van der Waals surface area contributed by atoms with Gasteiger partial charge in [-0.15, -0.1) is 0 Å². The first kappa shape index (κ1) is 12.8. The summed E-state index contributed by atoms with van der Waals surface area (Å²) in [5, 5.41) is 6.52. The standard InChI is InChI=1S/C10H18N4OS/c1-4-6(2)5-13-10-7(9(15)12-3)8(11)14-16-10/h6,13H,4-5H2,1-3H3,(H2,11,14)(H,12,15). The molecule has 6 heteroatoms. The van der Waals surface area contributed by atoms with Crippen molar-refractivity contribution >= 4 is 28.3 Å². The minimum absolute atomic E-state index is 0.196. The first-order valence-electron chi connectivity index (χ1n) is 5.31. The highest BCUT2D eigenvalue weighted by molar-refractivity contribution is 7.11. The van der Waals surface area contributed by atoms with E-state index in [9.17, 15) is 4.79 Å². The number of amides is 1. The summed E-state index contributed by atoms with van der Waals surface area (Å²) in [5.74, 6) is 0.648. The van der Waals surface area contributed by atoms with Crippen molar-refractivity contribution in [1.29, 1.82) is 0 Å². The van der Waals surface area contributed by atoms with Gasteiger partial charge in [0.25, 0.3) is 5.91 Å². The molecule has 1 amide bonds. The van der Waals surface area contributed by atoms with Crippen LogP contribution >= 0.6 is 11.5 Å². The summed E-state index contributed by atoms with van der Waals surface area (Å²) in [5.41, 5.74) is 6.11. The number of nitrogen functional groups attached to an aromatic ring is 1. The maximum atomic E-state index is 11.6. The molecule has 0 radical (unpaired) electrons. The Morgan fingerprint density at radius 1 is 1.62 bits per heavy atom. The van der Waals surface area contributed by atoms with Gasteiger partial charge in [0.05, 0.1) is 0 Å². The van der Waals surface area contributed by atoms with Crippen LogP contribution in [0.25, 0.3) is 0 Å². The number of nitrogens with two attached hydrogens (primary N) is 1. The van der Waals surface area contributed by atoms with E-state index in [2.05, 4.69) is 28.9 Å². The molecule has 0 fully saturated rings. The number of hydrogen-bond acceptors (Lipinski definition) is 5. The van der Waals surface area contributed by atoms with Crippen LogP contribution in [0, 0.1) is 5.92 Å². The molecule has 1 aromatic rings. The van der Waals surface area contributed by atoms with Gasteiger partial charge in [-0.1, -0.05) is 20.3 Å². The highest BCUT2D eigenvalue weighted by Crippen LogP contribution is 2.26. The first-order valence-corrected chi connectivity index (χ1v) is 6.08. The Morgan fingerprint density at radius 2 is 2.31 bits per heavy atom. The van der Waals surface area contributed by atoms with Gasteiger partial charge in [-0.05, 0) is 17.5 Å². The second-order valence-corrected chi connectivity index (χ2v) is 4.52. The number of carbonyl (C=O) groups is 1. The van der Waals surface area contributed by atoms with E-state index >= 15 is 0 Å². The molecule has 0 aliphatic carbocycles. The number of aromatic nitrogens is 1. The summed E-state index contributed by atoms with van der Waals surface area (Å²) in [6.45, 7) is 5.10. The molecule has 4 N–H and O–H groups in total. The molecule has 0 aliphatic rings. The Hall–Kier alpha value is -1.30. The van der Waals surface area contributed by atoms with Crippen molar-refractivity contribution in [2.45, 2.75) is 20.3 Å². The van der Waals surface area contributed by atoms with Crippen LogP contribution in [0.4, 0.5) is 10.8 Å². The number of nitrogens with one attached hydrogen (secondary N) is 2. The molecule has 0 saturated carbocycles. The largest absolute Gasteiger partial charge is 0.382 e. The van der Waals surface area contributed by atoms with Gasteiger partial charge in [0.1, 0.15) is 10.6 Å². The van der Waals surface area contributed by atoms with Crippen LogP contribution in [-0.4, -0.2) is 23.9 Å². The van der Waals surface area contributed by atoms with Gasteiger partial charge in [-0.25, -0.2) is 0 Å². The lowest BCUT2D eigenvalue weighted by Crippen LogP contribution is -2.20. The fraction of sp³-hybridized carbons (Fsp3) is 0.600. The number of hydrogen-bond donors (Lipinski definition) is 3. The lowest BCUT2D eigenvalue weighted by molar-refractivity contribution is 0.0965. The molecule has 0 saturated heterocycles. The zero-order chi connectivity index (χ0) is 12.1. The van der Waals surface area contributed by atoms with Gasteiger partial charge in [0.2, 0.25) is 0 Å². The van der Waals surface area contributed by atoms with Crippen LogP contribution in [0.3, 0.4) is 0 Å². The Labute approximate surface area is 99.6 Å². The molecule has 0 aliphatic heterocycles. The van der Waals surface area contributed by atoms with E-state index in [-0.39, 0.29) is 11.7 Å². The minimum atomic E-state index is -0.196. The number of nitrogens with zero attached hydrogens (tertiary/aromatic N) is 1. The van der Waals surface area contributed by atoms with Crippen molar-refractivity contribution in [3.05, 3.63) is 5.56 Å². The Morgan fingerprint density at radius 3 is 2.88 bits per heavy atom. The van der Waals surface area contributed by atoms with Crippen molar-refractivity contribution < 1.29 is 4.79 Å². The van der Waals surface area contributed by atoms with Crippen molar-refractivity contribution in [3.8, 4) is 0 Å². The van der Waals surface area contributed by atoms with Gasteiger partial charge >= 0.3 is 0 Å². The maximum absolute atomic E-state index is 11.6. The Kier molecular flexibility index (Phi) is 4.54. The number of rotatable bonds is 5. The summed E-state index contributed by atoms with van der Waals surface area (Å²) in [6.07, 6.45) is 1.09. The summed E-state index contributed by atoms with van der Waals surface area (Å²) < 4.78 is 3.99. The van der Waals surface area contributed by atoms with Gasteiger partial charge < -0.3 is 16.4 Å². The van der Waals surface area contributed by atoms with Crippen LogP contribution in [0.1, 0.15) is 30.6 Å². The van der Waals surface area contributed by atoms with E-state index in [1.165, 1.54) is 11.5 Å². The molecule has 16 heavy (non-hydrogen) atoms. The fourth-order valence-electron chi connectivity index (χ4n) is 1.18. The lowest BCUT2D eigenvalue weighted by Gasteiger charge is -2.10. The highest BCUT2D eigenvalue weighted by atomic mass is 32.1. The second kappa shape index (κ2) is 5.69. The summed E-state index contributed by atoms with van der Waals surface area (Å²) >= 11 is 1.23. The molecule has 0 spiro atoms. The van der Waals surface area contributed by atoms with Crippen LogP contribution in [0.15, 0.2) is 0 Å². The van der Waals surface area contributed by atoms with E-state index in [4.69, 9.17) is 5.73 Å². The fourth-order valence-corrected chi connectivity index (χ4v) is 1.90. The summed E-state index contributed by atoms with van der Waals surface area (Å²) in [6, 6.07) is 0. The zero-order valence-electron chi connectivity index (χ0n) is 9.83. The summed E-state index contributed by atoms with van der Waals surface area (Å²) in [7, 11) is 1.58. The first-order chi connectivity index (χ1) is 7.60. The molecule has 1 heterocycles. The number of carbonyl (C=O) groups excluding carboxylic acids is 1. The molecule has 90 valence electrons. The predicted octanol–water partition coefficient (Wildman–Crippen LogP) is 1.54. The topological polar surface area (TPSA) is 80.0 Å². The van der Waals surface area contributed by atoms with E-state index in [1.54, 1.807) is 7.05 Å². The van der Waals surface area contributed by atoms with Crippen LogP contribution in [0.2, 0.25) is 0 Å². The van der Waals surface area contributed by atoms with Crippen molar-refractivity contribution in [2.24, 2.45) is 5.92 Å². The molecule has 1 rings (SSSR count). The second-order valence-electron chi connectivity index (χ2n) is 3.75. The van der Waals surface area contributed by atoms with Crippen molar-refractivity contribution in [3.63, 3.8) is 0 Å². The molecule has 0 bridgehead atoms. The van der Waals surface area contributed by atoms with Gasteiger partial charge in [0.15, 0.2) is 5.82 Å². The van der Waals surface area contributed by atoms with Crippen LogP contribution in [-0.2, 0) is 0 Å². The maximum Gasteiger partial charge on any atom is 0.257 e. The SMILES string of the molecule is CCC(C)CNc1snc(N)c1C(=O)NC. The molecular weight excluding hydrogens is 224 g/mol. The molecule has 1 aromatic heterocycles. The van der Waals surface area contributed by atoms with Crippen molar-refractivity contribution in [1.82, 2.24) is 9.69 Å². The average molecular weight is 242 g/mol. The normalized spacial score (nSPS) is 12.2. The highest BCUT2D eigenvalue weighted by Gasteiger charge is 2.18. The third-order valence-electron chi connectivity index (χ3n) is 2.48. The third kappa shape index (κ3) is 2.85. The van der Waals surface area contributed by atoms with Crippen LogP contribution < -0.4 is 16.4 Å². The Bertz CT molecular complexity index is 364. The van der Waals surface area contributed by atoms with E-state index in [1.807, 2.05) is 0 Å². The monoisotopic (exact) mass is 242 g/mol. The smallest absolute Gasteiger partial charge is 0.257 e. The number of anilines is 2. The van der Waals surface area contributed by atoms with Gasteiger partial charge in [-0.3, -0.25) is 4.79 Å². The van der Waals surface area contributed by atoms with Crippen LogP contribution in [0.5, 0.6) is 0 Å². The van der Waals surface area contributed by atoms with E-state index in [0.29, 0.717) is 11.5 Å². The molecular formula is C10H18N4OS. The van der Waals surface area contributed by atoms with Gasteiger partial charge in [0, 0.05) is 13.6 Å². The molecule has 0 aromatic carbocycles. The quantitative estimate of drug-likeness (QED) is 0.731.